The average Bonchev–Trinajstić information content (AvgIpc) is 3.10. The fourth-order valence-electron chi connectivity index (χ4n) is 2.54. The molecule has 0 radical (unpaired) electrons. The summed E-state index contributed by atoms with van der Waals surface area (Å²) in [6.07, 6.45) is 4.69. The fraction of sp³-hybridized carbons (Fsp3) is 0.421. The highest BCUT2D eigenvalue weighted by Crippen LogP contribution is 2.04. The number of hydrogen-bond donors (Lipinski definition) is 2. The second-order valence-electron chi connectivity index (χ2n) is 6.37. The lowest BCUT2D eigenvalue weighted by atomic mass is 10.0. The van der Waals surface area contributed by atoms with E-state index in [4.69, 9.17) is 0 Å². The Kier molecular flexibility index (Phi) is 7.19. The smallest absolute Gasteiger partial charge is 0.242 e. The van der Waals surface area contributed by atoms with Gasteiger partial charge in [0.15, 0.2) is 0 Å². The molecule has 6 nitrogen and oxygen atoms in total. The number of amides is 2. The highest BCUT2D eigenvalue weighted by molar-refractivity contribution is 5.88. The minimum Gasteiger partial charge on any atom is -0.354 e. The van der Waals surface area contributed by atoms with E-state index in [9.17, 15) is 9.59 Å². The summed E-state index contributed by atoms with van der Waals surface area (Å²) in [6.45, 7) is 5.16. The monoisotopic (exact) mass is 342 g/mol. The van der Waals surface area contributed by atoms with E-state index in [1.165, 1.54) is 0 Å². The number of nitrogens with one attached hydrogen (secondary N) is 2. The molecule has 2 amide bonds. The van der Waals surface area contributed by atoms with Gasteiger partial charge in [0.1, 0.15) is 6.04 Å². The molecule has 2 aromatic rings. The van der Waals surface area contributed by atoms with Crippen LogP contribution in [0, 0.1) is 5.92 Å². The Morgan fingerprint density at radius 2 is 1.92 bits per heavy atom. The summed E-state index contributed by atoms with van der Waals surface area (Å²) in [5.41, 5.74) is 0.933. The van der Waals surface area contributed by atoms with Crippen molar-refractivity contribution in [3.05, 3.63) is 54.4 Å². The van der Waals surface area contributed by atoms with E-state index >= 15 is 0 Å². The zero-order valence-electron chi connectivity index (χ0n) is 14.8. The Morgan fingerprint density at radius 1 is 1.16 bits per heavy atom. The van der Waals surface area contributed by atoms with Gasteiger partial charge in [-0.1, -0.05) is 44.2 Å². The van der Waals surface area contributed by atoms with Crippen molar-refractivity contribution >= 4 is 11.8 Å². The van der Waals surface area contributed by atoms with Crippen LogP contribution in [0.1, 0.15) is 25.8 Å². The SMILES string of the molecule is CC(C)[C@@H](NC(=O)Cc1ccccc1)C(=O)NCCCn1cccn1. The highest BCUT2D eigenvalue weighted by Gasteiger charge is 2.23. The molecule has 134 valence electrons. The number of hydrogen-bond acceptors (Lipinski definition) is 3. The molecule has 6 heteroatoms. The van der Waals surface area contributed by atoms with Crippen LogP contribution < -0.4 is 10.6 Å². The van der Waals surface area contributed by atoms with Crippen LogP contribution in [0.2, 0.25) is 0 Å². The Labute approximate surface area is 148 Å². The minimum atomic E-state index is -0.527. The van der Waals surface area contributed by atoms with Crippen molar-refractivity contribution in [2.24, 2.45) is 5.92 Å². The predicted octanol–water partition coefficient (Wildman–Crippen LogP) is 1.77. The molecule has 0 aliphatic rings. The summed E-state index contributed by atoms with van der Waals surface area (Å²) in [6, 6.07) is 10.9. The minimum absolute atomic E-state index is 0.0193. The molecule has 2 N–H and O–H groups in total. The summed E-state index contributed by atoms with van der Waals surface area (Å²) in [7, 11) is 0. The van der Waals surface area contributed by atoms with Crippen LogP contribution >= 0.6 is 0 Å². The maximum atomic E-state index is 12.4. The van der Waals surface area contributed by atoms with Gasteiger partial charge in [-0.05, 0) is 24.0 Å². The molecule has 25 heavy (non-hydrogen) atoms. The quantitative estimate of drug-likeness (QED) is 0.682. The van der Waals surface area contributed by atoms with Gasteiger partial charge in [0, 0.05) is 25.5 Å². The Bertz CT molecular complexity index is 653. The van der Waals surface area contributed by atoms with Crippen molar-refractivity contribution in [1.82, 2.24) is 20.4 Å². The van der Waals surface area contributed by atoms with Gasteiger partial charge < -0.3 is 10.6 Å². The zero-order chi connectivity index (χ0) is 18.1. The predicted molar refractivity (Wildman–Crippen MR) is 96.8 cm³/mol. The second kappa shape index (κ2) is 9.61. The van der Waals surface area contributed by atoms with Crippen molar-refractivity contribution < 1.29 is 9.59 Å². The maximum absolute atomic E-state index is 12.4. The van der Waals surface area contributed by atoms with E-state index in [-0.39, 0.29) is 24.2 Å². The van der Waals surface area contributed by atoms with Crippen LogP contribution in [0.5, 0.6) is 0 Å². The average molecular weight is 342 g/mol. The summed E-state index contributed by atoms with van der Waals surface area (Å²) >= 11 is 0. The first kappa shape index (κ1) is 18.7. The lowest BCUT2D eigenvalue weighted by Gasteiger charge is -2.21. The fourth-order valence-corrected chi connectivity index (χ4v) is 2.54. The van der Waals surface area contributed by atoms with E-state index in [1.807, 2.05) is 61.1 Å². The first-order valence-electron chi connectivity index (χ1n) is 8.64. The van der Waals surface area contributed by atoms with Crippen molar-refractivity contribution in [2.45, 2.75) is 39.3 Å². The highest BCUT2D eigenvalue weighted by atomic mass is 16.2. The van der Waals surface area contributed by atoms with E-state index in [2.05, 4.69) is 15.7 Å². The normalized spacial score (nSPS) is 12.0. The number of carbonyl (C=O) groups is 2. The van der Waals surface area contributed by atoms with Gasteiger partial charge in [-0.3, -0.25) is 14.3 Å². The van der Waals surface area contributed by atoms with Crippen LogP contribution in [0.3, 0.4) is 0 Å². The number of carbonyl (C=O) groups excluding carboxylic acids is 2. The molecular formula is C19H26N4O2. The Morgan fingerprint density at radius 3 is 2.56 bits per heavy atom. The third-order valence-corrected chi connectivity index (χ3v) is 3.90. The number of benzene rings is 1. The van der Waals surface area contributed by atoms with Gasteiger partial charge in [0.05, 0.1) is 6.42 Å². The van der Waals surface area contributed by atoms with Crippen LogP contribution in [-0.4, -0.2) is 34.2 Å². The summed E-state index contributed by atoms with van der Waals surface area (Å²) < 4.78 is 1.83. The third-order valence-electron chi connectivity index (χ3n) is 3.90. The number of aromatic nitrogens is 2. The lowest BCUT2D eigenvalue weighted by Crippen LogP contribution is -2.50. The summed E-state index contributed by atoms with van der Waals surface area (Å²) in [5.74, 6) is -0.265. The molecule has 0 fully saturated rings. The molecule has 0 unspecified atom stereocenters. The lowest BCUT2D eigenvalue weighted by molar-refractivity contribution is -0.129. The molecule has 0 spiro atoms. The van der Waals surface area contributed by atoms with E-state index in [0.717, 1.165) is 18.5 Å². The van der Waals surface area contributed by atoms with Crippen LogP contribution in [0.15, 0.2) is 48.8 Å². The molecule has 0 saturated carbocycles. The van der Waals surface area contributed by atoms with Gasteiger partial charge in [0.25, 0.3) is 0 Å². The van der Waals surface area contributed by atoms with E-state index < -0.39 is 6.04 Å². The largest absolute Gasteiger partial charge is 0.354 e. The van der Waals surface area contributed by atoms with Gasteiger partial charge in [-0.15, -0.1) is 0 Å². The molecule has 0 saturated heterocycles. The molecule has 2 rings (SSSR count). The summed E-state index contributed by atoms with van der Waals surface area (Å²) in [4.78, 5) is 24.6. The van der Waals surface area contributed by atoms with Gasteiger partial charge in [-0.2, -0.15) is 5.10 Å². The molecule has 1 atom stereocenters. The second-order valence-corrected chi connectivity index (χ2v) is 6.37. The molecule has 1 aromatic carbocycles. The topological polar surface area (TPSA) is 76.0 Å². The zero-order valence-corrected chi connectivity index (χ0v) is 14.8. The molecule has 0 aliphatic carbocycles. The van der Waals surface area contributed by atoms with Crippen LogP contribution in [0.4, 0.5) is 0 Å². The van der Waals surface area contributed by atoms with Crippen molar-refractivity contribution in [3.8, 4) is 0 Å². The van der Waals surface area contributed by atoms with Crippen molar-refractivity contribution in [2.75, 3.05) is 6.54 Å². The van der Waals surface area contributed by atoms with E-state index in [0.29, 0.717) is 6.54 Å². The number of rotatable bonds is 9. The first-order valence-corrected chi connectivity index (χ1v) is 8.64. The van der Waals surface area contributed by atoms with Crippen molar-refractivity contribution in [1.29, 1.82) is 0 Å². The molecule has 1 aromatic heterocycles. The van der Waals surface area contributed by atoms with Crippen LogP contribution in [-0.2, 0) is 22.6 Å². The molecular weight excluding hydrogens is 316 g/mol. The molecule has 0 aliphatic heterocycles. The summed E-state index contributed by atoms with van der Waals surface area (Å²) in [5, 5.41) is 9.87. The standard InChI is InChI=1S/C19H26N4O2/c1-15(2)18(22-17(24)14-16-8-4-3-5-9-16)19(25)20-10-6-12-23-13-7-11-21-23/h3-5,7-9,11,13,15,18H,6,10,12,14H2,1-2H3,(H,20,25)(H,22,24)/t18-/m1/s1. The Hall–Kier alpha value is -2.63. The maximum Gasteiger partial charge on any atom is 0.242 e. The number of nitrogens with zero attached hydrogens (tertiary/aromatic N) is 2. The molecule has 0 bridgehead atoms. The van der Waals surface area contributed by atoms with Gasteiger partial charge in [0.2, 0.25) is 11.8 Å². The molecule has 1 heterocycles. The number of aryl methyl sites for hydroxylation is 1. The van der Waals surface area contributed by atoms with Gasteiger partial charge in [-0.25, -0.2) is 0 Å². The third kappa shape index (κ3) is 6.41. The van der Waals surface area contributed by atoms with Crippen LogP contribution in [0.25, 0.3) is 0 Å². The first-order chi connectivity index (χ1) is 12.1. The van der Waals surface area contributed by atoms with Gasteiger partial charge >= 0.3 is 0 Å². The van der Waals surface area contributed by atoms with Crippen molar-refractivity contribution in [3.63, 3.8) is 0 Å². The Balaban J connectivity index is 1.78. The van der Waals surface area contributed by atoms with E-state index in [1.54, 1.807) is 6.20 Å².